The van der Waals surface area contributed by atoms with Crippen LogP contribution in [0.15, 0.2) is 28.7 Å². The number of hydrogen-bond acceptors (Lipinski definition) is 3. The van der Waals surface area contributed by atoms with Crippen LogP contribution >= 0.6 is 0 Å². The topological polar surface area (TPSA) is 54.3 Å². The molecule has 0 saturated heterocycles. The van der Waals surface area contributed by atoms with Crippen LogP contribution in [0.1, 0.15) is 23.0 Å². The van der Waals surface area contributed by atoms with Gasteiger partial charge in [-0.25, -0.2) is 0 Å². The lowest BCUT2D eigenvalue weighted by Gasteiger charge is -2.09. The van der Waals surface area contributed by atoms with E-state index in [1.54, 1.807) is 6.07 Å². The molecule has 0 bridgehead atoms. The number of rotatable bonds is 4. The number of carbonyl (C=O) groups excluding carboxylic acids is 1. The Balaban J connectivity index is 2.13. The summed E-state index contributed by atoms with van der Waals surface area (Å²) in [5.41, 5.74) is 1.89. The van der Waals surface area contributed by atoms with E-state index in [0.717, 1.165) is 16.5 Å². The second-order valence-electron chi connectivity index (χ2n) is 4.55. The molecule has 0 radical (unpaired) electrons. The number of hydrogen-bond donors (Lipinski definition) is 2. The maximum atomic E-state index is 11.9. The summed E-state index contributed by atoms with van der Waals surface area (Å²) >= 11 is 0. The van der Waals surface area contributed by atoms with Crippen LogP contribution in [-0.4, -0.2) is 25.5 Å². The second-order valence-corrected chi connectivity index (χ2v) is 4.55. The van der Waals surface area contributed by atoms with Gasteiger partial charge in [0.05, 0.1) is 0 Å². The Morgan fingerprint density at radius 2 is 2.17 bits per heavy atom. The molecule has 1 aromatic carbocycles. The predicted octanol–water partition coefficient (Wildman–Crippen LogP) is 2.08. The van der Waals surface area contributed by atoms with E-state index in [-0.39, 0.29) is 11.9 Å². The van der Waals surface area contributed by atoms with Gasteiger partial charge < -0.3 is 15.1 Å². The van der Waals surface area contributed by atoms with Crippen molar-refractivity contribution in [3.63, 3.8) is 0 Å². The van der Waals surface area contributed by atoms with Crippen molar-refractivity contribution < 1.29 is 9.21 Å². The molecule has 0 saturated carbocycles. The molecule has 4 nitrogen and oxygen atoms in total. The summed E-state index contributed by atoms with van der Waals surface area (Å²) in [6, 6.07) is 7.88. The molecule has 2 N–H and O–H groups in total. The highest BCUT2D eigenvalue weighted by Crippen LogP contribution is 2.20. The Kier molecular flexibility index (Phi) is 3.67. The second kappa shape index (κ2) is 5.23. The van der Waals surface area contributed by atoms with Crippen molar-refractivity contribution in [1.82, 2.24) is 10.6 Å². The van der Waals surface area contributed by atoms with Crippen molar-refractivity contribution >= 4 is 16.9 Å². The number of furan rings is 1. The van der Waals surface area contributed by atoms with E-state index in [0.29, 0.717) is 12.3 Å². The van der Waals surface area contributed by atoms with E-state index in [9.17, 15) is 4.79 Å². The van der Waals surface area contributed by atoms with Crippen LogP contribution in [0.25, 0.3) is 11.0 Å². The third-order valence-electron chi connectivity index (χ3n) is 2.96. The average molecular weight is 246 g/mol. The summed E-state index contributed by atoms with van der Waals surface area (Å²) in [5.74, 6) is 0.185. The van der Waals surface area contributed by atoms with Gasteiger partial charge in [-0.2, -0.15) is 0 Å². The first kappa shape index (κ1) is 12.6. The van der Waals surface area contributed by atoms with Crippen LogP contribution in [0.2, 0.25) is 0 Å². The maximum absolute atomic E-state index is 11.9. The first-order chi connectivity index (χ1) is 8.60. The number of amides is 1. The van der Waals surface area contributed by atoms with Gasteiger partial charge in [-0.15, -0.1) is 0 Å². The zero-order valence-corrected chi connectivity index (χ0v) is 10.9. The molecule has 0 spiro atoms. The molecule has 96 valence electrons. The van der Waals surface area contributed by atoms with E-state index < -0.39 is 0 Å². The van der Waals surface area contributed by atoms with E-state index >= 15 is 0 Å². The van der Waals surface area contributed by atoms with Gasteiger partial charge in [0.1, 0.15) is 5.58 Å². The van der Waals surface area contributed by atoms with Crippen LogP contribution in [0.3, 0.4) is 0 Å². The highest BCUT2D eigenvalue weighted by molar-refractivity contribution is 5.96. The smallest absolute Gasteiger partial charge is 0.287 e. The lowest BCUT2D eigenvalue weighted by molar-refractivity contribution is 0.0925. The molecule has 0 aliphatic heterocycles. The summed E-state index contributed by atoms with van der Waals surface area (Å²) < 4.78 is 5.52. The lowest BCUT2D eigenvalue weighted by Crippen LogP contribution is -2.36. The first-order valence-electron chi connectivity index (χ1n) is 6.06. The van der Waals surface area contributed by atoms with Crippen molar-refractivity contribution in [2.24, 2.45) is 0 Å². The molecule has 1 aromatic heterocycles. The molecule has 1 amide bonds. The number of carbonyl (C=O) groups is 1. The fraction of sp³-hybridized carbons (Fsp3) is 0.357. The van der Waals surface area contributed by atoms with Crippen molar-refractivity contribution in [2.75, 3.05) is 13.6 Å². The highest BCUT2D eigenvalue weighted by Gasteiger charge is 2.12. The molecule has 1 unspecified atom stereocenters. The highest BCUT2D eigenvalue weighted by atomic mass is 16.3. The Bertz CT molecular complexity index is 560. The van der Waals surface area contributed by atoms with Gasteiger partial charge in [0, 0.05) is 18.0 Å². The zero-order chi connectivity index (χ0) is 13.1. The quantitative estimate of drug-likeness (QED) is 0.868. The van der Waals surface area contributed by atoms with E-state index in [1.165, 1.54) is 0 Å². The number of benzene rings is 1. The normalized spacial score (nSPS) is 12.6. The van der Waals surface area contributed by atoms with Gasteiger partial charge in [-0.05, 0) is 39.1 Å². The monoisotopic (exact) mass is 246 g/mol. The number of nitrogens with one attached hydrogen (secondary N) is 2. The SMILES string of the molecule is CNC(C)CNC(=O)c1cc2cc(C)ccc2o1. The summed E-state index contributed by atoms with van der Waals surface area (Å²) in [5, 5.41) is 6.85. The Morgan fingerprint density at radius 1 is 1.39 bits per heavy atom. The molecule has 0 fully saturated rings. The Morgan fingerprint density at radius 3 is 2.89 bits per heavy atom. The van der Waals surface area contributed by atoms with Crippen LogP contribution in [0, 0.1) is 6.92 Å². The van der Waals surface area contributed by atoms with E-state index in [2.05, 4.69) is 10.6 Å². The third kappa shape index (κ3) is 2.71. The molecule has 0 aliphatic carbocycles. The van der Waals surface area contributed by atoms with Gasteiger partial charge in [0.15, 0.2) is 5.76 Å². The molecule has 4 heteroatoms. The standard InChI is InChI=1S/C14H18N2O2/c1-9-4-5-12-11(6-9)7-13(18-12)14(17)16-8-10(2)15-3/h4-7,10,15H,8H2,1-3H3,(H,16,17). The molecule has 18 heavy (non-hydrogen) atoms. The predicted molar refractivity (Wildman–Crippen MR) is 71.8 cm³/mol. The van der Waals surface area contributed by atoms with Gasteiger partial charge in [-0.3, -0.25) is 4.79 Å². The molecule has 2 aromatic rings. The summed E-state index contributed by atoms with van der Waals surface area (Å²) in [7, 11) is 1.86. The van der Waals surface area contributed by atoms with Gasteiger partial charge >= 0.3 is 0 Å². The minimum atomic E-state index is -0.175. The fourth-order valence-electron chi connectivity index (χ4n) is 1.71. The van der Waals surface area contributed by atoms with Crippen LogP contribution in [0.5, 0.6) is 0 Å². The fourth-order valence-corrected chi connectivity index (χ4v) is 1.71. The Labute approximate surface area is 106 Å². The first-order valence-corrected chi connectivity index (χ1v) is 6.06. The van der Waals surface area contributed by atoms with Crippen LogP contribution in [0.4, 0.5) is 0 Å². The maximum Gasteiger partial charge on any atom is 0.287 e. The Hall–Kier alpha value is -1.81. The molecular weight excluding hydrogens is 228 g/mol. The minimum absolute atomic E-state index is 0.175. The lowest BCUT2D eigenvalue weighted by atomic mass is 10.2. The molecule has 2 rings (SSSR count). The van der Waals surface area contributed by atoms with E-state index in [4.69, 9.17) is 4.42 Å². The molecule has 0 aliphatic rings. The molecular formula is C14H18N2O2. The number of fused-ring (bicyclic) bond motifs is 1. The molecule has 1 atom stereocenters. The summed E-state index contributed by atoms with van der Waals surface area (Å²) in [4.78, 5) is 11.9. The van der Waals surface area contributed by atoms with Crippen LogP contribution in [-0.2, 0) is 0 Å². The van der Waals surface area contributed by atoms with E-state index in [1.807, 2.05) is 39.1 Å². The van der Waals surface area contributed by atoms with Gasteiger partial charge in [0.25, 0.3) is 5.91 Å². The van der Waals surface area contributed by atoms with Gasteiger partial charge in [0.2, 0.25) is 0 Å². The van der Waals surface area contributed by atoms with Crippen molar-refractivity contribution in [3.8, 4) is 0 Å². The summed E-state index contributed by atoms with van der Waals surface area (Å²) in [6.07, 6.45) is 0. The van der Waals surface area contributed by atoms with Crippen molar-refractivity contribution in [3.05, 3.63) is 35.6 Å². The summed E-state index contributed by atoms with van der Waals surface area (Å²) in [6.45, 7) is 4.59. The van der Waals surface area contributed by atoms with Crippen molar-refractivity contribution in [2.45, 2.75) is 19.9 Å². The average Bonchev–Trinajstić information content (AvgIpc) is 2.78. The van der Waals surface area contributed by atoms with Crippen molar-refractivity contribution in [1.29, 1.82) is 0 Å². The van der Waals surface area contributed by atoms with Gasteiger partial charge in [-0.1, -0.05) is 11.6 Å². The largest absolute Gasteiger partial charge is 0.451 e. The van der Waals surface area contributed by atoms with Crippen LogP contribution < -0.4 is 10.6 Å². The molecule has 1 heterocycles. The minimum Gasteiger partial charge on any atom is -0.451 e. The zero-order valence-electron chi connectivity index (χ0n) is 10.9. The number of aryl methyl sites for hydroxylation is 1. The number of likely N-dealkylation sites (N-methyl/N-ethyl adjacent to an activating group) is 1. The third-order valence-corrected chi connectivity index (χ3v) is 2.96.